The van der Waals surface area contributed by atoms with Gasteiger partial charge < -0.3 is 33.9 Å². The Hall–Kier alpha value is -4.65. The molecule has 0 aromatic heterocycles. The summed E-state index contributed by atoms with van der Waals surface area (Å²) in [6.07, 6.45) is 0.995. The van der Waals surface area contributed by atoms with E-state index < -0.39 is 28.5 Å². The average Bonchev–Trinajstić information content (AvgIpc) is 3.08. The lowest BCUT2D eigenvalue weighted by atomic mass is 10.1. The zero-order valence-corrected chi connectivity index (χ0v) is 28.2. The Morgan fingerprint density at radius 3 is 2.04 bits per heavy atom. The first-order valence-corrected chi connectivity index (χ1v) is 16.2. The van der Waals surface area contributed by atoms with Crippen LogP contribution >= 0.6 is 0 Å². The first-order chi connectivity index (χ1) is 22.1. The van der Waals surface area contributed by atoms with Crippen LogP contribution in [0, 0.1) is 0 Å². The summed E-state index contributed by atoms with van der Waals surface area (Å²) in [5.41, 5.74) is 0.762. The third kappa shape index (κ3) is 8.33. The van der Waals surface area contributed by atoms with Crippen LogP contribution in [0.3, 0.4) is 0 Å². The number of rotatable bonds is 17. The van der Waals surface area contributed by atoms with Gasteiger partial charge in [0, 0.05) is 25.2 Å². The molecule has 3 rings (SSSR count). The molecular weight excluding hydrogens is 614 g/mol. The Kier molecular flexibility index (Phi) is 12.9. The van der Waals surface area contributed by atoms with E-state index in [-0.39, 0.29) is 41.0 Å². The fraction of sp³-hybridized carbons (Fsp3) is 0.394. The molecule has 1 atom stereocenters. The molecule has 250 valence electrons. The van der Waals surface area contributed by atoms with Crippen LogP contribution in [-0.2, 0) is 26.2 Å². The molecule has 3 aromatic rings. The fourth-order valence-corrected chi connectivity index (χ4v) is 6.29. The Morgan fingerprint density at radius 1 is 0.783 bits per heavy atom. The number of anilines is 1. The maximum absolute atomic E-state index is 14.4. The topological polar surface area (TPSA) is 133 Å². The minimum atomic E-state index is -4.45. The predicted octanol–water partition coefficient (Wildman–Crippen LogP) is 4.26. The monoisotopic (exact) mass is 657 g/mol. The number of hydrogen-bond acceptors (Lipinski definition) is 9. The van der Waals surface area contributed by atoms with Crippen molar-refractivity contribution in [2.75, 3.05) is 52.9 Å². The van der Waals surface area contributed by atoms with Gasteiger partial charge in [-0.25, -0.2) is 8.42 Å². The standard InChI is InChI=1S/C33H43N3O9S/c1-8-17-34-33(38)27(9-2)35(21-23-11-10-12-24(18-23)41-3)32(37)22-36(28-19-25(42-4)13-15-29(28)43-5)46(39,40)26-14-16-30(44-6)31(20-26)45-7/h10-16,18-20,27H,8-9,17,21-22H2,1-7H3,(H,34,38). The first-order valence-electron chi connectivity index (χ1n) is 14.7. The van der Waals surface area contributed by atoms with Crippen LogP contribution in [0.4, 0.5) is 5.69 Å². The Morgan fingerprint density at radius 2 is 1.43 bits per heavy atom. The van der Waals surface area contributed by atoms with Gasteiger partial charge in [-0.3, -0.25) is 13.9 Å². The van der Waals surface area contributed by atoms with Crippen molar-refractivity contribution in [3.8, 4) is 28.7 Å². The predicted molar refractivity (Wildman–Crippen MR) is 175 cm³/mol. The molecule has 0 heterocycles. The van der Waals surface area contributed by atoms with E-state index in [0.717, 1.165) is 4.31 Å². The highest BCUT2D eigenvalue weighted by atomic mass is 32.2. The third-order valence-electron chi connectivity index (χ3n) is 7.30. The minimum absolute atomic E-state index is 0.0214. The van der Waals surface area contributed by atoms with Crippen molar-refractivity contribution in [2.24, 2.45) is 0 Å². The van der Waals surface area contributed by atoms with Crippen LogP contribution in [0.2, 0.25) is 0 Å². The largest absolute Gasteiger partial charge is 0.497 e. The molecular formula is C33H43N3O9S. The van der Waals surface area contributed by atoms with E-state index >= 15 is 0 Å². The van der Waals surface area contributed by atoms with E-state index in [1.54, 1.807) is 37.3 Å². The lowest BCUT2D eigenvalue weighted by molar-refractivity contribution is -0.140. The highest BCUT2D eigenvalue weighted by Gasteiger charge is 2.35. The average molecular weight is 658 g/mol. The van der Waals surface area contributed by atoms with Gasteiger partial charge in [0.1, 0.15) is 29.8 Å². The second-order valence-electron chi connectivity index (χ2n) is 10.2. The second kappa shape index (κ2) is 16.6. The molecule has 0 radical (unpaired) electrons. The molecule has 0 bridgehead atoms. The van der Waals surface area contributed by atoms with E-state index in [4.69, 9.17) is 23.7 Å². The van der Waals surface area contributed by atoms with E-state index in [2.05, 4.69) is 5.32 Å². The molecule has 0 aliphatic rings. The minimum Gasteiger partial charge on any atom is -0.497 e. The van der Waals surface area contributed by atoms with Crippen molar-refractivity contribution in [2.45, 2.75) is 44.2 Å². The summed E-state index contributed by atoms with van der Waals surface area (Å²) in [4.78, 5) is 29.0. The molecule has 3 aromatic carbocycles. The van der Waals surface area contributed by atoms with Gasteiger partial charge in [-0.15, -0.1) is 0 Å². The van der Waals surface area contributed by atoms with Gasteiger partial charge in [-0.2, -0.15) is 0 Å². The Bertz CT molecular complexity index is 1600. The summed E-state index contributed by atoms with van der Waals surface area (Å²) in [5.74, 6) is 0.664. The molecule has 12 nitrogen and oxygen atoms in total. The molecule has 13 heteroatoms. The number of methoxy groups -OCH3 is 5. The Balaban J connectivity index is 2.20. The summed E-state index contributed by atoms with van der Waals surface area (Å²) in [5, 5.41) is 2.87. The SMILES string of the molecule is CCCNC(=O)C(CC)N(Cc1cccc(OC)c1)C(=O)CN(c1cc(OC)ccc1OC)S(=O)(=O)c1ccc(OC)c(OC)c1. The smallest absolute Gasteiger partial charge is 0.265 e. The van der Waals surface area contributed by atoms with Crippen molar-refractivity contribution in [1.29, 1.82) is 0 Å². The highest BCUT2D eigenvalue weighted by molar-refractivity contribution is 7.92. The zero-order chi connectivity index (χ0) is 33.9. The van der Waals surface area contributed by atoms with Crippen LogP contribution < -0.4 is 33.3 Å². The molecule has 0 fully saturated rings. The van der Waals surface area contributed by atoms with Crippen molar-refractivity contribution in [3.63, 3.8) is 0 Å². The summed E-state index contributed by atoms with van der Waals surface area (Å²) >= 11 is 0. The molecule has 1 unspecified atom stereocenters. The van der Waals surface area contributed by atoms with Gasteiger partial charge in [-0.05, 0) is 54.8 Å². The number of sulfonamides is 1. The highest BCUT2D eigenvalue weighted by Crippen LogP contribution is 2.38. The van der Waals surface area contributed by atoms with Crippen LogP contribution in [0.25, 0.3) is 0 Å². The van der Waals surface area contributed by atoms with Gasteiger partial charge in [-0.1, -0.05) is 26.0 Å². The number of nitrogens with one attached hydrogen (secondary N) is 1. The van der Waals surface area contributed by atoms with Crippen LogP contribution in [0.15, 0.2) is 65.6 Å². The molecule has 0 saturated carbocycles. The molecule has 46 heavy (non-hydrogen) atoms. The number of ether oxygens (including phenoxy) is 5. The molecule has 0 saturated heterocycles. The van der Waals surface area contributed by atoms with E-state index in [0.29, 0.717) is 35.8 Å². The molecule has 0 aliphatic heterocycles. The summed E-state index contributed by atoms with van der Waals surface area (Å²) < 4.78 is 56.8. The fourth-order valence-electron chi connectivity index (χ4n) is 4.86. The van der Waals surface area contributed by atoms with Crippen molar-refractivity contribution in [3.05, 3.63) is 66.2 Å². The summed E-state index contributed by atoms with van der Waals surface area (Å²) in [6.45, 7) is 3.51. The number of benzene rings is 3. The normalized spacial score (nSPS) is 11.6. The van der Waals surface area contributed by atoms with E-state index in [1.807, 2.05) is 13.0 Å². The van der Waals surface area contributed by atoms with Gasteiger partial charge in [0.15, 0.2) is 11.5 Å². The van der Waals surface area contributed by atoms with Crippen LogP contribution in [-0.4, -0.2) is 79.8 Å². The van der Waals surface area contributed by atoms with Gasteiger partial charge >= 0.3 is 0 Å². The van der Waals surface area contributed by atoms with Crippen molar-refractivity contribution >= 4 is 27.5 Å². The molecule has 0 spiro atoms. The molecule has 1 N–H and O–H groups in total. The van der Waals surface area contributed by atoms with Gasteiger partial charge in [0.05, 0.1) is 46.1 Å². The van der Waals surface area contributed by atoms with Crippen LogP contribution in [0.5, 0.6) is 28.7 Å². The third-order valence-corrected chi connectivity index (χ3v) is 9.05. The summed E-state index contributed by atoms with van der Waals surface area (Å²) in [7, 11) is 2.76. The number of hydrogen-bond donors (Lipinski definition) is 1. The number of carbonyl (C=O) groups excluding carboxylic acids is 2. The first kappa shape index (κ1) is 35.8. The Labute approximate surface area is 271 Å². The second-order valence-corrected chi connectivity index (χ2v) is 12.0. The van der Waals surface area contributed by atoms with Gasteiger partial charge in [0.25, 0.3) is 10.0 Å². The molecule has 0 aliphatic carbocycles. The quantitative estimate of drug-likeness (QED) is 0.226. The van der Waals surface area contributed by atoms with Gasteiger partial charge in [0.2, 0.25) is 11.8 Å². The van der Waals surface area contributed by atoms with Crippen molar-refractivity contribution < 1.29 is 41.7 Å². The zero-order valence-electron chi connectivity index (χ0n) is 27.4. The van der Waals surface area contributed by atoms with Crippen LogP contribution in [0.1, 0.15) is 32.3 Å². The van der Waals surface area contributed by atoms with Crippen molar-refractivity contribution in [1.82, 2.24) is 10.2 Å². The number of nitrogens with zero attached hydrogens (tertiary/aromatic N) is 2. The lowest BCUT2D eigenvalue weighted by Crippen LogP contribution is -2.52. The van der Waals surface area contributed by atoms with E-state index in [9.17, 15) is 18.0 Å². The lowest BCUT2D eigenvalue weighted by Gasteiger charge is -2.33. The molecule has 2 amide bonds. The number of amides is 2. The maximum atomic E-state index is 14.4. The summed E-state index contributed by atoms with van der Waals surface area (Å²) in [6, 6.07) is 15.0. The number of carbonyl (C=O) groups is 2. The maximum Gasteiger partial charge on any atom is 0.265 e. The van der Waals surface area contributed by atoms with E-state index in [1.165, 1.54) is 64.7 Å².